The summed E-state index contributed by atoms with van der Waals surface area (Å²) in [6.45, 7) is 11.2. The van der Waals surface area contributed by atoms with Crippen molar-refractivity contribution < 1.29 is 19.1 Å². The molecule has 6 heteroatoms. The van der Waals surface area contributed by atoms with Crippen LogP contribution in [-0.4, -0.2) is 36.5 Å². The molecule has 2 atom stereocenters. The van der Waals surface area contributed by atoms with Crippen LogP contribution in [0.4, 0.5) is 0 Å². The van der Waals surface area contributed by atoms with Crippen molar-refractivity contribution in [3.8, 4) is 11.5 Å². The lowest BCUT2D eigenvalue weighted by atomic mass is 9.92. The minimum absolute atomic E-state index is 0.0191. The summed E-state index contributed by atoms with van der Waals surface area (Å²) in [5.74, 6) is 1.84. The van der Waals surface area contributed by atoms with Gasteiger partial charge >= 0.3 is 0 Å². The molecule has 184 valence electrons. The first-order valence-corrected chi connectivity index (χ1v) is 12.2. The van der Waals surface area contributed by atoms with E-state index in [4.69, 9.17) is 9.47 Å². The Labute approximate surface area is 203 Å². The highest BCUT2D eigenvalue weighted by molar-refractivity contribution is 5.88. The van der Waals surface area contributed by atoms with Crippen LogP contribution in [-0.2, 0) is 22.6 Å². The van der Waals surface area contributed by atoms with Crippen molar-refractivity contribution in [1.29, 1.82) is 0 Å². The van der Waals surface area contributed by atoms with Crippen molar-refractivity contribution >= 4 is 11.8 Å². The Balaban J connectivity index is 1.77. The van der Waals surface area contributed by atoms with Gasteiger partial charge in [-0.2, -0.15) is 0 Å². The molecular weight excluding hydrogens is 428 g/mol. The van der Waals surface area contributed by atoms with Gasteiger partial charge in [-0.1, -0.05) is 58.0 Å². The van der Waals surface area contributed by atoms with E-state index in [9.17, 15) is 9.59 Å². The summed E-state index contributed by atoms with van der Waals surface area (Å²) >= 11 is 0. The first-order valence-electron chi connectivity index (χ1n) is 12.2. The topological polar surface area (TPSA) is 67.9 Å². The molecule has 34 heavy (non-hydrogen) atoms. The van der Waals surface area contributed by atoms with Gasteiger partial charge in [0.1, 0.15) is 6.04 Å². The third-order valence-electron chi connectivity index (χ3n) is 6.07. The largest absolute Gasteiger partial charge is 0.493 e. The highest BCUT2D eigenvalue weighted by Crippen LogP contribution is 2.31. The van der Waals surface area contributed by atoms with Crippen LogP contribution in [0.5, 0.6) is 11.5 Å². The molecule has 2 aromatic carbocycles. The summed E-state index contributed by atoms with van der Waals surface area (Å²) in [5, 5.41) is 3.13. The number of carbonyl (C=O) groups is 2. The lowest BCUT2D eigenvalue weighted by Gasteiger charge is -2.37. The zero-order valence-corrected chi connectivity index (χ0v) is 21.3. The average Bonchev–Trinajstić information content (AvgIpc) is 2.81. The second-order valence-electron chi connectivity index (χ2n) is 9.95. The monoisotopic (exact) mass is 466 g/mol. The van der Waals surface area contributed by atoms with Crippen molar-refractivity contribution in [3.63, 3.8) is 0 Å². The molecule has 1 aliphatic heterocycles. The molecule has 0 aromatic heterocycles. The van der Waals surface area contributed by atoms with Gasteiger partial charge in [0.15, 0.2) is 11.5 Å². The normalized spacial score (nSPS) is 16.2. The third kappa shape index (κ3) is 6.31. The van der Waals surface area contributed by atoms with Crippen LogP contribution >= 0.6 is 0 Å². The molecule has 2 amide bonds. The number of hydrogen-bond acceptors (Lipinski definition) is 4. The SMILES string of the molecule is COc1cc(C(C)NC(=O)C2Cc3ccccc3CN2C(=O)CC(C)C)ccc1OCC(C)C. The molecule has 0 saturated heterocycles. The van der Waals surface area contributed by atoms with Crippen LogP contribution in [0.1, 0.15) is 63.8 Å². The fourth-order valence-electron chi connectivity index (χ4n) is 4.21. The lowest BCUT2D eigenvalue weighted by molar-refractivity contribution is -0.142. The molecule has 0 bridgehead atoms. The fourth-order valence-corrected chi connectivity index (χ4v) is 4.21. The molecule has 1 aliphatic rings. The number of carbonyl (C=O) groups excluding carboxylic acids is 2. The van der Waals surface area contributed by atoms with E-state index in [1.807, 2.05) is 63.2 Å². The van der Waals surface area contributed by atoms with E-state index in [0.717, 1.165) is 16.7 Å². The molecule has 0 radical (unpaired) electrons. The standard InChI is InChI=1S/C28H38N2O4/c1-18(2)13-27(31)30-16-23-10-8-7-9-22(23)14-24(30)28(32)29-20(5)21-11-12-25(26(15-21)33-6)34-17-19(3)4/h7-12,15,18-20,24H,13-14,16-17H2,1-6H3,(H,29,32). The molecule has 0 saturated carbocycles. The zero-order valence-electron chi connectivity index (χ0n) is 21.3. The Morgan fingerprint density at radius 3 is 2.35 bits per heavy atom. The summed E-state index contributed by atoms with van der Waals surface area (Å²) in [7, 11) is 1.61. The number of benzene rings is 2. The molecule has 0 spiro atoms. The number of ether oxygens (including phenoxy) is 2. The van der Waals surface area contributed by atoms with E-state index in [2.05, 4.69) is 19.2 Å². The highest BCUT2D eigenvalue weighted by Gasteiger charge is 2.35. The lowest BCUT2D eigenvalue weighted by Crippen LogP contribution is -2.53. The van der Waals surface area contributed by atoms with E-state index in [0.29, 0.717) is 43.4 Å². The number of nitrogens with one attached hydrogen (secondary N) is 1. The van der Waals surface area contributed by atoms with Gasteiger partial charge in [-0.3, -0.25) is 9.59 Å². The quantitative estimate of drug-likeness (QED) is 0.570. The third-order valence-corrected chi connectivity index (χ3v) is 6.07. The Morgan fingerprint density at radius 2 is 1.71 bits per heavy atom. The molecule has 0 fully saturated rings. The van der Waals surface area contributed by atoms with Crippen molar-refractivity contribution in [2.24, 2.45) is 11.8 Å². The molecule has 2 aromatic rings. The first kappa shape index (κ1) is 25.6. The van der Waals surface area contributed by atoms with Gasteiger partial charge < -0.3 is 19.7 Å². The van der Waals surface area contributed by atoms with Crippen LogP contribution in [0.2, 0.25) is 0 Å². The van der Waals surface area contributed by atoms with Crippen LogP contribution in [0.3, 0.4) is 0 Å². The zero-order chi connectivity index (χ0) is 24.8. The van der Waals surface area contributed by atoms with Gasteiger partial charge in [-0.05, 0) is 47.6 Å². The Hall–Kier alpha value is -3.02. The molecule has 2 unspecified atom stereocenters. The molecule has 3 rings (SSSR count). The van der Waals surface area contributed by atoms with Gasteiger partial charge in [0.2, 0.25) is 11.8 Å². The number of methoxy groups -OCH3 is 1. The number of amides is 2. The van der Waals surface area contributed by atoms with E-state index >= 15 is 0 Å². The molecule has 0 aliphatic carbocycles. The number of rotatable bonds is 9. The maximum absolute atomic E-state index is 13.4. The number of fused-ring (bicyclic) bond motifs is 1. The summed E-state index contributed by atoms with van der Waals surface area (Å²) in [5.41, 5.74) is 3.15. The molecule has 1 heterocycles. The van der Waals surface area contributed by atoms with Crippen LogP contribution in [0.25, 0.3) is 0 Å². The second kappa shape index (κ2) is 11.4. The summed E-state index contributed by atoms with van der Waals surface area (Å²) in [6.07, 6.45) is 0.945. The molecular formula is C28H38N2O4. The van der Waals surface area contributed by atoms with Crippen molar-refractivity contribution in [2.75, 3.05) is 13.7 Å². The Morgan fingerprint density at radius 1 is 1.00 bits per heavy atom. The van der Waals surface area contributed by atoms with E-state index in [1.165, 1.54) is 0 Å². The minimum Gasteiger partial charge on any atom is -0.493 e. The summed E-state index contributed by atoms with van der Waals surface area (Å²) in [4.78, 5) is 28.2. The smallest absolute Gasteiger partial charge is 0.243 e. The molecule has 6 nitrogen and oxygen atoms in total. The number of nitrogens with zero attached hydrogens (tertiary/aromatic N) is 1. The van der Waals surface area contributed by atoms with Crippen LogP contribution in [0.15, 0.2) is 42.5 Å². The fraction of sp³-hybridized carbons (Fsp3) is 0.500. The predicted octanol–water partition coefficient (Wildman–Crippen LogP) is 4.91. The maximum atomic E-state index is 13.4. The van der Waals surface area contributed by atoms with Gasteiger partial charge in [-0.25, -0.2) is 0 Å². The van der Waals surface area contributed by atoms with Crippen molar-refractivity contribution in [1.82, 2.24) is 10.2 Å². The van der Waals surface area contributed by atoms with Gasteiger partial charge in [0, 0.05) is 19.4 Å². The van der Waals surface area contributed by atoms with Crippen molar-refractivity contribution in [3.05, 3.63) is 59.2 Å². The van der Waals surface area contributed by atoms with E-state index in [1.54, 1.807) is 12.0 Å². The summed E-state index contributed by atoms with van der Waals surface area (Å²) in [6, 6.07) is 13.0. The Kier molecular flexibility index (Phi) is 8.59. The van der Waals surface area contributed by atoms with Crippen LogP contribution < -0.4 is 14.8 Å². The maximum Gasteiger partial charge on any atom is 0.243 e. The van der Waals surface area contributed by atoms with E-state index in [-0.39, 0.29) is 23.8 Å². The predicted molar refractivity (Wildman–Crippen MR) is 134 cm³/mol. The first-order chi connectivity index (χ1) is 16.2. The average molecular weight is 467 g/mol. The van der Waals surface area contributed by atoms with Crippen LogP contribution in [0, 0.1) is 11.8 Å². The molecule has 1 N–H and O–H groups in total. The highest BCUT2D eigenvalue weighted by atomic mass is 16.5. The van der Waals surface area contributed by atoms with Gasteiger partial charge in [0.25, 0.3) is 0 Å². The van der Waals surface area contributed by atoms with Gasteiger partial charge in [0.05, 0.1) is 19.8 Å². The second-order valence-corrected chi connectivity index (χ2v) is 9.95. The van der Waals surface area contributed by atoms with Gasteiger partial charge in [-0.15, -0.1) is 0 Å². The van der Waals surface area contributed by atoms with Crippen molar-refractivity contribution in [2.45, 2.75) is 66.1 Å². The summed E-state index contributed by atoms with van der Waals surface area (Å²) < 4.78 is 11.4. The minimum atomic E-state index is -0.529. The number of hydrogen-bond donors (Lipinski definition) is 1. The van der Waals surface area contributed by atoms with E-state index < -0.39 is 6.04 Å². The Bertz CT molecular complexity index is 1000.